The van der Waals surface area contributed by atoms with Crippen molar-refractivity contribution in [2.24, 2.45) is 5.92 Å². The van der Waals surface area contributed by atoms with Crippen LogP contribution in [0, 0.1) is 17.2 Å². The van der Waals surface area contributed by atoms with Crippen LogP contribution in [0.25, 0.3) is 0 Å². The van der Waals surface area contributed by atoms with Gasteiger partial charge in [0, 0.05) is 12.0 Å². The molecule has 3 unspecified atom stereocenters. The summed E-state index contributed by atoms with van der Waals surface area (Å²) in [6.07, 6.45) is 6.15. The molecule has 1 fully saturated rings. The first-order valence-electron chi connectivity index (χ1n) is 10.9. The summed E-state index contributed by atoms with van der Waals surface area (Å²) in [5.41, 5.74) is 2.95. The molecule has 25 heavy (non-hydrogen) atoms. The number of hydrogen-bond donors (Lipinski definition) is 0. The van der Waals surface area contributed by atoms with Gasteiger partial charge in [0.15, 0.2) is 0 Å². The minimum absolute atomic E-state index is 0.272. The van der Waals surface area contributed by atoms with Crippen LogP contribution in [0.15, 0.2) is 0 Å². The second kappa shape index (κ2) is 10.1. The number of hydrogen-bond acceptors (Lipinski definition) is 2. The fraction of sp³-hybridized carbons (Fsp3) is 0.955. The van der Waals surface area contributed by atoms with E-state index in [0.717, 1.165) is 23.0 Å². The Kier molecular flexibility index (Phi) is 9.19. The van der Waals surface area contributed by atoms with Crippen LogP contribution in [-0.4, -0.2) is 32.1 Å². The largest absolute Gasteiger partial charge is 0.300 e. The van der Waals surface area contributed by atoms with Crippen LogP contribution in [0.3, 0.4) is 0 Å². The SMILES string of the molecule is CCCN(CCC)C1CCC([Si](C(C)C)(C(C)C)C(C)C)C(C#N)C1. The predicted molar refractivity (Wildman–Crippen MR) is 114 cm³/mol. The van der Waals surface area contributed by atoms with Gasteiger partial charge in [0.25, 0.3) is 0 Å². The molecule has 0 saturated heterocycles. The van der Waals surface area contributed by atoms with Crippen molar-refractivity contribution < 1.29 is 0 Å². The van der Waals surface area contributed by atoms with Gasteiger partial charge in [0.2, 0.25) is 0 Å². The first-order valence-corrected chi connectivity index (χ1v) is 13.2. The highest BCUT2D eigenvalue weighted by Crippen LogP contribution is 2.56. The highest BCUT2D eigenvalue weighted by Gasteiger charge is 2.53. The van der Waals surface area contributed by atoms with E-state index in [4.69, 9.17) is 0 Å². The summed E-state index contributed by atoms with van der Waals surface area (Å²) < 4.78 is 0. The molecule has 0 spiro atoms. The van der Waals surface area contributed by atoms with Gasteiger partial charge in [0.1, 0.15) is 0 Å². The van der Waals surface area contributed by atoms with E-state index in [1.165, 1.54) is 38.8 Å². The minimum atomic E-state index is -1.55. The van der Waals surface area contributed by atoms with E-state index in [-0.39, 0.29) is 5.92 Å². The van der Waals surface area contributed by atoms with Gasteiger partial charge in [-0.2, -0.15) is 5.26 Å². The Morgan fingerprint density at radius 2 is 1.40 bits per heavy atom. The molecule has 0 aromatic heterocycles. The fourth-order valence-electron chi connectivity index (χ4n) is 6.56. The molecular weight excluding hydrogens is 320 g/mol. The average Bonchev–Trinajstić information content (AvgIpc) is 2.54. The quantitative estimate of drug-likeness (QED) is 0.418. The predicted octanol–water partition coefficient (Wildman–Crippen LogP) is 6.85. The summed E-state index contributed by atoms with van der Waals surface area (Å²) in [6.45, 7) is 21.7. The standard InChI is InChI=1S/C22H44N2Si/c1-9-13-24(14-10-2)21-11-12-22(20(15-21)16-23)25(17(3)4,18(5)6)19(7)8/h17-22H,9-15H2,1-8H3. The molecule has 0 aromatic carbocycles. The number of nitrogens with zero attached hydrogens (tertiary/aromatic N) is 2. The van der Waals surface area contributed by atoms with Gasteiger partial charge < -0.3 is 4.90 Å². The first-order chi connectivity index (χ1) is 11.8. The third kappa shape index (κ3) is 4.69. The minimum Gasteiger partial charge on any atom is -0.300 e. The molecule has 1 saturated carbocycles. The Labute approximate surface area is 159 Å². The fourth-order valence-corrected chi connectivity index (χ4v) is 14.7. The van der Waals surface area contributed by atoms with Crippen LogP contribution >= 0.6 is 0 Å². The third-order valence-electron chi connectivity index (χ3n) is 7.17. The van der Waals surface area contributed by atoms with Gasteiger partial charge >= 0.3 is 0 Å². The van der Waals surface area contributed by atoms with E-state index in [1.54, 1.807) is 0 Å². The maximum Gasteiger partial charge on any atom is 0.0656 e. The lowest BCUT2D eigenvalue weighted by molar-refractivity contribution is 0.140. The van der Waals surface area contributed by atoms with Gasteiger partial charge in [-0.05, 0) is 44.3 Å². The highest BCUT2D eigenvalue weighted by molar-refractivity contribution is 6.84. The molecule has 1 aliphatic rings. The van der Waals surface area contributed by atoms with Crippen molar-refractivity contribution in [1.29, 1.82) is 5.26 Å². The third-order valence-corrected chi connectivity index (χ3v) is 15.1. The Hall–Kier alpha value is -0.333. The van der Waals surface area contributed by atoms with Gasteiger partial charge in [-0.15, -0.1) is 0 Å². The van der Waals surface area contributed by atoms with Crippen molar-refractivity contribution in [2.75, 3.05) is 13.1 Å². The van der Waals surface area contributed by atoms with Crippen LogP contribution in [0.4, 0.5) is 0 Å². The Morgan fingerprint density at radius 1 is 0.920 bits per heavy atom. The normalized spacial score (nSPS) is 25.2. The molecule has 1 rings (SSSR count). The van der Waals surface area contributed by atoms with Crippen molar-refractivity contribution in [2.45, 2.75) is 116 Å². The molecule has 3 heteroatoms. The maximum atomic E-state index is 10.1. The molecular formula is C22H44N2Si. The van der Waals surface area contributed by atoms with Crippen molar-refractivity contribution in [1.82, 2.24) is 4.90 Å². The summed E-state index contributed by atoms with van der Waals surface area (Å²) in [6, 6.07) is 3.44. The highest BCUT2D eigenvalue weighted by atomic mass is 28.3. The second-order valence-electron chi connectivity index (χ2n) is 9.31. The number of rotatable bonds is 9. The molecule has 0 radical (unpaired) electrons. The summed E-state index contributed by atoms with van der Waals surface area (Å²) in [7, 11) is -1.55. The molecule has 146 valence electrons. The van der Waals surface area contributed by atoms with Crippen LogP contribution in [0.1, 0.15) is 87.5 Å². The second-order valence-corrected chi connectivity index (χ2v) is 15.5. The summed E-state index contributed by atoms with van der Waals surface area (Å²) in [5, 5.41) is 10.1. The molecule has 0 heterocycles. The van der Waals surface area contributed by atoms with Crippen molar-refractivity contribution in [3.63, 3.8) is 0 Å². The number of nitriles is 1. The van der Waals surface area contributed by atoms with Gasteiger partial charge in [-0.1, -0.05) is 78.4 Å². The van der Waals surface area contributed by atoms with E-state index in [9.17, 15) is 5.26 Å². The lowest BCUT2D eigenvalue weighted by Gasteiger charge is -2.53. The summed E-state index contributed by atoms with van der Waals surface area (Å²) in [5.74, 6) is 0.272. The Balaban J connectivity index is 3.10. The van der Waals surface area contributed by atoms with Gasteiger partial charge in [0.05, 0.1) is 14.1 Å². The molecule has 2 nitrogen and oxygen atoms in total. The van der Waals surface area contributed by atoms with Crippen LogP contribution in [0.2, 0.25) is 22.2 Å². The first kappa shape index (κ1) is 22.7. The van der Waals surface area contributed by atoms with Crippen LogP contribution < -0.4 is 0 Å². The lowest BCUT2D eigenvalue weighted by Crippen LogP contribution is -2.54. The molecule has 0 bridgehead atoms. The smallest absolute Gasteiger partial charge is 0.0656 e. The monoisotopic (exact) mass is 364 g/mol. The van der Waals surface area contributed by atoms with E-state index in [1.807, 2.05) is 0 Å². The summed E-state index contributed by atoms with van der Waals surface area (Å²) in [4.78, 5) is 2.68. The van der Waals surface area contributed by atoms with Gasteiger partial charge in [-0.25, -0.2) is 0 Å². The molecule has 0 N–H and O–H groups in total. The van der Waals surface area contributed by atoms with E-state index in [0.29, 0.717) is 11.6 Å². The molecule has 0 aliphatic heterocycles. The zero-order valence-electron chi connectivity index (χ0n) is 18.3. The van der Waals surface area contributed by atoms with Crippen LogP contribution in [-0.2, 0) is 0 Å². The van der Waals surface area contributed by atoms with Gasteiger partial charge in [-0.3, -0.25) is 0 Å². The van der Waals surface area contributed by atoms with Crippen molar-refractivity contribution >= 4 is 8.07 Å². The zero-order chi connectivity index (χ0) is 19.2. The lowest BCUT2D eigenvalue weighted by atomic mass is 9.85. The molecule has 3 atom stereocenters. The maximum absolute atomic E-state index is 10.1. The average molecular weight is 365 g/mol. The molecule has 0 aromatic rings. The Bertz CT molecular complexity index is 396. The van der Waals surface area contributed by atoms with Crippen molar-refractivity contribution in [3.05, 3.63) is 0 Å². The van der Waals surface area contributed by atoms with Crippen molar-refractivity contribution in [3.8, 4) is 6.07 Å². The molecule has 1 aliphatic carbocycles. The van der Waals surface area contributed by atoms with Crippen LogP contribution in [0.5, 0.6) is 0 Å². The van der Waals surface area contributed by atoms with E-state index >= 15 is 0 Å². The topological polar surface area (TPSA) is 27.0 Å². The van der Waals surface area contributed by atoms with E-state index < -0.39 is 8.07 Å². The van der Waals surface area contributed by atoms with E-state index in [2.05, 4.69) is 66.4 Å². The zero-order valence-corrected chi connectivity index (χ0v) is 19.3. The molecule has 0 amide bonds. The summed E-state index contributed by atoms with van der Waals surface area (Å²) >= 11 is 0. The Morgan fingerprint density at radius 3 is 1.76 bits per heavy atom.